The Balaban J connectivity index is 2.15. The van der Waals surface area contributed by atoms with Crippen LogP contribution in [0.3, 0.4) is 0 Å². The van der Waals surface area contributed by atoms with E-state index in [0.29, 0.717) is 0 Å². The maximum Gasteiger partial charge on any atom is 0.141 e. The lowest BCUT2D eigenvalue weighted by molar-refractivity contribution is -0.115. The first-order chi connectivity index (χ1) is 8.00. The van der Waals surface area contributed by atoms with Crippen molar-refractivity contribution in [1.82, 2.24) is 9.80 Å². The van der Waals surface area contributed by atoms with Crippen molar-refractivity contribution in [2.75, 3.05) is 39.0 Å². The minimum Gasteiger partial charge on any atom is -0.399 e. The van der Waals surface area contributed by atoms with Gasteiger partial charge in [-0.15, -0.1) is 0 Å². The molecule has 1 fully saturated rings. The molecule has 1 heterocycles. The zero-order chi connectivity index (χ0) is 12.5. The number of aliphatic hydroxyl groups is 1. The number of piperazine rings is 1. The molecular weight excluding hydrogens is 214 g/mol. The number of likely N-dealkylation sites (N-methyl/N-ethyl adjacent to an activating group) is 1. The third-order valence-electron chi connectivity index (χ3n) is 3.58. The molecule has 3 N–H and O–H groups in total. The number of benzene rings is 1. The fraction of sp³-hybridized carbons (Fsp3) is 0.538. The molecule has 4 nitrogen and oxygen atoms in total. The Hall–Kier alpha value is -1.10. The Morgan fingerprint density at radius 1 is 1.12 bits per heavy atom. The molecule has 1 aromatic carbocycles. The van der Waals surface area contributed by atoms with Gasteiger partial charge >= 0.3 is 0 Å². The molecule has 1 aliphatic heterocycles. The van der Waals surface area contributed by atoms with Gasteiger partial charge in [0.2, 0.25) is 0 Å². The van der Waals surface area contributed by atoms with Gasteiger partial charge in [-0.3, -0.25) is 4.90 Å². The average molecular weight is 235 g/mol. The minimum atomic E-state index is -0.908. The molecule has 2 rings (SSSR count). The molecule has 17 heavy (non-hydrogen) atoms. The molecule has 0 spiro atoms. The van der Waals surface area contributed by atoms with Crippen molar-refractivity contribution in [2.45, 2.75) is 12.6 Å². The van der Waals surface area contributed by atoms with Gasteiger partial charge in [0.1, 0.15) is 5.72 Å². The van der Waals surface area contributed by atoms with Crippen molar-refractivity contribution in [3.63, 3.8) is 0 Å². The van der Waals surface area contributed by atoms with Crippen molar-refractivity contribution in [2.24, 2.45) is 0 Å². The van der Waals surface area contributed by atoms with E-state index in [9.17, 15) is 5.11 Å². The van der Waals surface area contributed by atoms with Crippen LogP contribution in [0, 0.1) is 0 Å². The smallest absolute Gasteiger partial charge is 0.141 e. The molecule has 1 atom stereocenters. The van der Waals surface area contributed by atoms with Gasteiger partial charge in [0.15, 0.2) is 0 Å². The SMILES string of the molecule is CN1CCN(C(C)(O)c2ccc(N)cc2)CC1. The van der Waals surface area contributed by atoms with E-state index in [1.807, 2.05) is 31.2 Å². The van der Waals surface area contributed by atoms with Crippen molar-refractivity contribution in [1.29, 1.82) is 0 Å². The summed E-state index contributed by atoms with van der Waals surface area (Å²) in [6.07, 6.45) is 0. The van der Waals surface area contributed by atoms with Gasteiger partial charge < -0.3 is 15.7 Å². The Morgan fingerprint density at radius 3 is 2.18 bits per heavy atom. The first-order valence-corrected chi connectivity index (χ1v) is 6.02. The van der Waals surface area contributed by atoms with Gasteiger partial charge in [-0.1, -0.05) is 12.1 Å². The highest BCUT2D eigenvalue weighted by atomic mass is 16.3. The largest absolute Gasteiger partial charge is 0.399 e. The van der Waals surface area contributed by atoms with Crippen molar-refractivity contribution >= 4 is 5.69 Å². The van der Waals surface area contributed by atoms with Gasteiger partial charge in [0.25, 0.3) is 0 Å². The molecule has 0 amide bonds. The van der Waals surface area contributed by atoms with Crippen LogP contribution in [0.4, 0.5) is 5.69 Å². The monoisotopic (exact) mass is 235 g/mol. The van der Waals surface area contributed by atoms with Gasteiger partial charge in [0.05, 0.1) is 0 Å². The van der Waals surface area contributed by atoms with Crippen LogP contribution in [0.2, 0.25) is 0 Å². The molecule has 4 heteroatoms. The molecule has 1 unspecified atom stereocenters. The summed E-state index contributed by atoms with van der Waals surface area (Å²) < 4.78 is 0. The van der Waals surface area contributed by atoms with Crippen LogP contribution in [-0.4, -0.2) is 48.1 Å². The number of nitrogens with two attached hydrogens (primary N) is 1. The highest BCUT2D eigenvalue weighted by Gasteiger charge is 2.32. The van der Waals surface area contributed by atoms with Crippen LogP contribution in [0.15, 0.2) is 24.3 Å². The molecule has 94 valence electrons. The standard InChI is InChI=1S/C13H21N3O/c1-13(17,11-3-5-12(14)6-4-11)16-9-7-15(2)8-10-16/h3-6,17H,7-10,14H2,1-2H3. The quantitative estimate of drug-likeness (QED) is 0.740. The lowest BCUT2D eigenvalue weighted by atomic mass is 10.0. The second-order valence-electron chi connectivity index (χ2n) is 4.93. The maximum absolute atomic E-state index is 10.7. The highest BCUT2D eigenvalue weighted by molar-refractivity contribution is 5.40. The Bertz CT molecular complexity index is 367. The molecule has 0 bridgehead atoms. The van der Waals surface area contributed by atoms with Gasteiger partial charge in [-0.2, -0.15) is 0 Å². The van der Waals surface area contributed by atoms with E-state index in [0.717, 1.165) is 37.4 Å². The fourth-order valence-electron chi connectivity index (χ4n) is 2.22. The maximum atomic E-state index is 10.7. The zero-order valence-electron chi connectivity index (χ0n) is 10.6. The topological polar surface area (TPSA) is 52.7 Å². The predicted octanol–water partition coefficient (Wildman–Crippen LogP) is 0.681. The third kappa shape index (κ3) is 2.60. The van der Waals surface area contributed by atoms with Crippen LogP contribution in [0.5, 0.6) is 0 Å². The summed E-state index contributed by atoms with van der Waals surface area (Å²) in [5.74, 6) is 0. The Morgan fingerprint density at radius 2 is 1.65 bits per heavy atom. The van der Waals surface area contributed by atoms with Crippen molar-refractivity contribution in [3.05, 3.63) is 29.8 Å². The van der Waals surface area contributed by atoms with Crippen molar-refractivity contribution in [3.8, 4) is 0 Å². The molecule has 1 saturated heterocycles. The minimum absolute atomic E-state index is 0.725. The van der Waals surface area contributed by atoms with E-state index < -0.39 is 5.72 Å². The Kier molecular flexibility index (Phi) is 3.38. The fourth-order valence-corrected chi connectivity index (χ4v) is 2.22. The molecule has 1 aliphatic rings. The summed E-state index contributed by atoms with van der Waals surface area (Å²) in [6, 6.07) is 7.46. The van der Waals surface area contributed by atoms with E-state index >= 15 is 0 Å². The van der Waals surface area contributed by atoms with Crippen LogP contribution in [-0.2, 0) is 5.72 Å². The molecule has 0 aliphatic carbocycles. The van der Waals surface area contributed by atoms with E-state index in [-0.39, 0.29) is 0 Å². The number of anilines is 1. The zero-order valence-corrected chi connectivity index (χ0v) is 10.6. The molecule has 0 radical (unpaired) electrons. The van der Waals surface area contributed by atoms with E-state index in [1.54, 1.807) is 0 Å². The van der Waals surface area contributed by atoms with Crippen LogP contribution >= 0.6 is 0 Å². The average Bonchev–Trinajstić information content (AvgIpc) is 2.30. The highest BCUT2D eigenvalue weighted by Crippen LogP contribution is 2.26. The number of nitrogen functional groups attached to an aromatic ring is 1. The molecule has 1 aromatic rings. The first kappa shape index (κ1) is 12.4. The summed E-state index contributed by atoms with van der Waals surface area (Å²) in [5.41, 5.74) is 6.38. The third-order valence-corrected chi connectivity index (χ3v) is 3.58. The lowest BCUT2D eigenvalue weighted by Crippen LogP contribution is -2.53. The summed E-state index contributed by atoms with van der Waals surface area (Å²) >= 11 is 0. The number of rotatable bonds is 2. The number of nitrogens with zero attached hydrogens (tertiary/aromatic N) is 2. The van der Waals surface area contributed by atoms with Crippen LogP contribution in [0.25, 0.3) is 0 Å². The second kappa shape index (κ2) is 4.64. The molecule has 0 aromatic heterocycles. The van der Waals surface area contributed by atoms with Crippen molar-refractivity contribution < 1.29 is 5.11 Å². The summed E-state index contributed by atoms with van der Waals surface area (Å²) in [7, 11) is 2.11. The Labute approximate surface area is 103 Å². The van der Waals surface area contributed by atoms with Crippen LogP contribution in [0.1, 0.15) is 12.5 Å². The number of hydrogen-bond acceptors (Lipinski definition) is 4. The van der Waals surface area contributed by atoms with Gasteiger partial charge in [-0.25, -0.2) is 0 Å². The van der Waals surface area contributed by atoms with Gasteiger partial charge in [-0.05, 0) is 31.7 Å². The molecule has 0 saturated carbocycles. The molecular formula is C13H21N3O. The predicted molar refractivity (Wildman–Crippen MR) is 69.5 cm³/mol. The normalized spacial score (nSPS) is 22.3. The van der Waals surface area contributed by atoms with E-state index in [1.165, 1.54) is 0 Å². The first-order valence-electron chi connectivity index (χ1n) is 6.02. The van der Waals surface area contributed by atoms with Crippen LogP contribution < -0.4 is 5.73 Å². The second-order valence-corrected chi connectivity index (χ2v) is 4.93. The summed E-state index contributed by atoms with van der Waals surface area (Å²) in [5, 5.41) is 10.7. The van der Waals surface area contributed by atoms with Gasteiger partial charge in [0, 0.05) is 31.9 Å². The number of hydrogen-bond donors (Lipinski definition) is 2. The van der Waals surface area contributed by atoms with E-state index in [4.69, 9.17) is 5.73 Å². The summed E-state index contributed by atoms with van der Waals surface area (Å²) in [6.45, 7) is 5.60. The lowest BCUT2D eigenvalue weighted by Gasteiger charge is -2.42. The summed E-state index contributed by atoms with van der Waals surface area (Å²) in [4.78, 5) is 4.38. The van der Waals surface area contributed by atoms with E-state index in [2.05, 4.69) is 16.8 Å².